The molecule has 1 heteroatoms. The summed E-state index contributed by atoms with van der Waals surface area (Å²) in [6, 6.07) is 0.704. The van der Waals surface area contributed by atoms with E-state index in [1.165, 1.54) is 18.8 Å². The smallest absolute Gasteiger partial charge is 0.0137 e. The fourth-order valence-corrected chi connectivity index (χ4v) is 1.31. The number of nitrogens with one attached hydrogen (secondary N) is 1. The maximum Gasteiger partial charge on any atom is 0.0137 e. The molecular weight excluding hydrogens is 122 g/mol. The van der Waals surface area contributed by atoms with Crippen LogP contribution < -0.4 is 5.32 Å². The predicted octanol–water partition coefficient (Wildman–Crippen LogP) is 1.91. The van der Waals surface area contributed by atoms with Gasteiger partial charge in [0.15, 0.2) is 0 Å². The lowest BCUT2D eigenvalue weighted by molar-refractivity contribution is 0.503. The molecule has 1 rings (SSSR count). The van der Waals surface area contributed by atoms with Crippen molar-refractivity contribution in [2.75, 3.05) is 6.54 Å². The van der Waals surface area contributed by atoms with Gasteiger partial charge in [-0.05, 0) is 18.8 Å². The Kier molecular flexibility index (Phi) is 2.94. The maximum atomic E-state index is 3.44. The van der Waals surface area contributed by atoms with Crippen molar-refractivity contribution in [3.63, 3.8) is 0 Å². The first-order chi connectivity index (χ1) is 4.79. The Balaban J connectivity index is 2.22. The molecule has 0 aromatic heterocycles. The first kappa shape index (κ1) is 7.80. The molecule has 1 heterocycles. The SMILES string of the molecule is C[C](C)CC1CC=CCN1. The van der Waals surface area contributed by atoms with Gasteiger partial charge in [0.25, 0.3) is 0 Å². The van der Waals surface area contributed by atoms with Crippen LogP contribution in [0.3, 0.4) is 0 Å². The largest absolute Gasteiger partial charge is 0.310 e. The van der Waals surface area contributed by atoms with Crippen LogP contribution in [0.2, 0.25) is 0 Å². The predicted molar refractivity (Wildman–Crippen MR) is 44.8 cm³/mol. The van der Waals surface area contributed by atoms with Crippen molar-refractivity contribution < 1.29 is 0 Å². The third-order valence-electron chi connectivity index (χ3n) is 1.77. The molecule has 1 nitrogen and oxygen atoms in total. The molecule has 57 valence electrons. The molecule has 1 aliphatic rings. The van der Waals surface area contributed by atoms with Crippen LogP contribution in [-0.4, -0.2) is 12.6 Å². The van der Waals surface area contributed by atoms with Crippen LogP contribution in [0.4, 0.5) is 0 Å². The monoisotopic (exact) mass is 138 g/mol. The Hall–Kier alpha value is -0.300. The van der Waals surface area contributed by atoms with Gasteiger partial charge in [-0.2, -0.15) is 0 Å². The second kappa shape index (κ2) is 3.77. The van der Waals surface area contributed by atoms with Gasteiger partial charge in [-0.3, -0.25) is 0 Å². The molecule has 0 aromatic rings. The molecule has 0 bridgehead atoms. The van der Waals surface area contributed by atoms with Gasteiger partial charge in [0.2, 0.25) is 0 Å². The Morgan fingerprint density at radius 3 is 2.80 bits per heavy atom. The summed E-state index contributed by atoms with van der Waals surface area (Å²) in [6.45, 7) is 5.44. The molecular formula is C9H16N. The highest BCUT2D eigenvalue weighted by Crippen LogP contribution is 2.11. The highest BCUT2D eigenvalue weighted by Gasteiger charge is 2.09. The van der Waals surface area contributed by atoms with Crippen LogP contribution in [0.1, 0.15) is 26.7 Å². The van der Waals surface area contributed by atoms with Crippen LogP contribution >= 0.6 is 0 Å². The van der Waals surface area contributed by atoms with Gasteiger partial charge in [0.1, 0.15) is 0 Å². The zero-order chi connectivity index (χ0) is 7.40. The van der Waals surface area contributed by atoms with Crippen LogP contribution in [0, 0.1) is 5.92 Å². The molecule has 0 aliphatic carbocycles. The topological polar surface area (TPSA) is 12.0 Å². The number of rotatable bonds is 2. The standard InChI is InChI=1S/C9H16N/c1-8(2)7-9-5-3-4-6-10-9/h3-4,9-10H,5-7H2,1-2H3. The van der Waals surface area contributed by atoms with Crippen LogP contribution in [0.15, 0.2) is 12.2 Å². The van der Waals surface area contributed by atoms with E-state index >= 15 is 0 Å². The van der Waals surface area contributed by atoms with Crippen molar-refractivity contribution in [2.45, 2.75) is 32.7 Å². The van der Waals surface area contributed by atoms with E-state index < -0.39 is 0 Å². The van der Waals surface area contributed by atoms with E-state index in [0.717, 1.165) is 6.54 Å². The van der Waals surface area contributed by atoms with Gasteiger partial charge in [0.05, 0.1) is 0 Å². The van der Waals surface area contributed by atoms with Crippen molar-refractivity contribution in [3.05, 3.63) is 18.1 Å². The summed E-state index contributed by atoms with van der Waals surface area (Å²) in [6.07, 6.45) is 6.89. The molecule has 1 atom stereocenters. The second-order valence-corrected chi connectivity index (χ2v) is 3.22. The quantitative estimate of drug-likeness (QED) is 0.575. The first-order valence-corrected chi connectivity index (χ1v) is 3.96. The fourth-order valence-electron chi connectivity index (χ4n) is 1.31. The van der Waals surface area contributed by atoms with Crippen molar-refractivity contribution in [3.8, 4) is 0 Å². The molecule has 0 saturated heterocycles. The number of hydrogen-bond acceptors (Lipinski definition) is 1. The molecule has 1 N–H and O–H groups in total. The fraction of sp³-hybridized carbons (Fsp3) is 0.667. The van der Waals surface area contributed by atoms with E-state index in [4.69, 9.17) is 0 Å². The first-order valence-electron chi connectivity index (χ1n) is 3.96. The van der Waals surface area contributed by atoms with E-state index in [0.29, 0.717) is 6.04 Å². The minimum absolute atomic E-state index is 0.704. The highest BCUT2D eigenvalue weighted by molar-refractivity contribution is 4.97. The number of hydrogen-bond donors (Lipinski definition) is 1. The summed E-state index contributed by atoms with van der Waals surface area (Å²) < 4.78 is 0. The molecule has 10 heavy (non-hydrogen) atoms. The Bertz CT molecular complexity index is 116. The van der Waals surface area contributed by atoms with Gasteiger partial charge < -0.3 is 5.32 Å². The molecule has 0 amide bonds. The van der Waals surface area contributed by atoms with E-state index in [2.05, 4.69) is 31.3 Å². The highest BCUT2D eigenvalue weighted by atomic mass is 14.9. The van der Waals surface area contributed by atoms with Gasteiger partial charge >= 0.3 is 0 Å². The third-order valence-corrected chi connectivity index (χ3v) is 1.77. The molecule has 0 spiro atoms. The normalized spacial score (nSPS) is 25.7. The van der Waals surface area contributed by atoms with Gasteiger partial charge in [-0.15, -0.1) is 0 Å². The molecule has 1 aliphatic heterocycles. The van der Waals surface area contributed by atoms with Crippen molar-refractivity contribution >= 4 is 0 Å². The van der Waals surface area contributed by atoms with Crippen LogP contribution in [-0.2, 0) is 0 Å². The van der Waals surface area contributed by atoms with E-state index in [-0.39, 0.29) is 0 Å². The van der Waals surface area contributed by atoms with E-state index in [1.54, 1.807) is 0 Å². The van der Waals surface area contributed by atoms with E-state index in [1.807, 2.05) is 0 Å². The average Bonchev–Trinajstić information content (AvgIpc) is 1.88. The van der Waals surface area contributed by atoms with Crippen molar-refractivity contribution in [2.24, 2.45) is 0 Å². The molecule has 0 saturated carbocycles. The van der Waals surface area contributed by atoms with Crippen LogP contribution in [0.25, 0.3) is 0 Å². The molecule has 0 aromatic carbocycles. The Labute approximate surface area is 63.5 Å². The van der Waals surface area contributed by atoms with Gasteiger partial charge in [0, 0.05) is 12.6 Å². The Morgan fingerprint density at radius 1 is 1.50 bits per heavy atom. The third kappa shape index (κ3) is 2.53. The summed E-state index contributed by atoms with van der Waals surface area (Å²) in [5.41, 5.74) is 0. The molecule has 1 unspecified atom stereocenters. The maximum absolute atomic E-state index is 3.44. The summed E-state index contributed by atoms with van der Waals surface area (Å²) >= 11 is 0. The zero-order valence-electron chi connectivity index (χ0n) is 6.85. The van der Waals surface area contributed by atoms with E-state index in [9.17, 15) is 0 Å². The van der Waals surface area contributed by atoms with Crippen molar-refractivity contribution in [1.82, 2.24) is 5.32 Å². The summed E-state index contributed by atoms with van der Waals surface area (Å²) in [5, 5.41) is 3.44. The average molecular weight is 138 g/mol. The lowest BCUT2D eigenvalue weighted by Gasteiger charge is -2.20. The molecule has 1 radical (unpaired) electrons. The zero-order valence-corrected chi connectivity index (χ0v) is 6.85. The minimum atomic E-state index is 0.704. The lowest BCUT2D eigenvalue weighted by atomic mass is 9.99. The lowest BCUT2D eigenvalue weighted by Crippen LogP contribution is -2.32. The summed E-state index contributed by atoms with van der Waals surface area (Å²) in [5.74, 6) is 1.52. The Morgan fingerprint density at radius 2 is 2.30 bits per heavy atom. The van der Waals surface area contributed by atoms with Crippen LogP contribution in [0.5, 0.6) is 0 Å². The second-order valence-electron chi connectivity index (χ2n) is 3.22. The molecule has 0 fully saturated rings. The minimum Gasteiger partial charge on any atom is -0.310 e. The van der Waals surface area contributed by atoms with Crippen molar-refractivity contribution in [1.29, 1.82) is 0 Å². The van der Waals surface area contributed by atoms with Gasteiger partial charge in [-0.1, -0.05) is 26.0 Å². The summed E-state index contributed by atoms with van der Waals surface area (Å²) in [7, 11) is 0. The summed E-state index contributed by atoms with van der Waals surface area (Å²) in [4.78, 5) is 0. The van der Waals surface area contributed by atoms with Gasteiger partial charge in [-0.25, -0.2) is 0 Å².